The van der Waals surface area contributed by atoms with Gasteiger partial charge in [0.2, 0.25) is 0 Å². The van der Waals surface area contributed by atoms with Gasteiger partial charge in [0, 0.05) is 24.5 Å². The van der Waals surface area contributed by atoms with Gasteiger partial charge in [0.05, 0.1) is 17.2 Å². The molecule has 0 N–H and O–H groups in total. The summed E-state index contributed by atoms with van der Waals surface area (Å²) in [5.41, 5.74) is 2.05. The van der Waals surface area contributed by atoms with E-state index in [1.54, 1.807) is 16.8 Å². The molecule has 1 saturated heterocycles. The summed E-state index contributed by atoms with van der Waals surface area (Å²) >= 11 is 0. The first kappa shape index (κ1) is 14.6. The standard InChI is InChI=1S/C17H21N3O3/c1-4-20-13-6-5-10(9-12(13)18-19-20)16(21)23-15-11-7-8-22-14(11)17(15,2)3/h5-6,9,11,14-15H,4,7-8H2,1-3H3/t11-,14+,15-/m1/s1. The lowest BCUT2D eigenvalue weighted by atomic mass is 9.59. The molecule has 0 spiro atoms. The highest BCUT2D eigenvalue weighted by Crippen LogP contribution is 2.53. The monoisotopic (exact) mass is 315 g/mol. The van der Waals surface area contributed by atoms with Crippen LogP contribution in [-0.2, 0) is 16.0 Å². The number of carbonyl (C=O) groups excluding carboxylic acids is 1. The number of benzene rings is 1. The molecule has 6 heteroatoms. The molecular formula is C17H21N3O3. The summed E-state index contributed by atoms with van der Waals surface area (Å²) in [7, 11) is 0. The molecule has 1 aliphatic heterocycles. The van der Waals surface area contributed by atoms with Crippen LogP contribution in [0.3, 0.4) is 0 Å². The van der Waals surface area contributed by atoms with E-state index in [1.807, 2.05) is 13.0 Å². The number of fused-ring (bicyclic) bond motifs is 2. The molecule has 0 unspecified atom stereocenters. The number of hydrogen-bond donors (Lipinski definition) is 0. The summed E-state index contributed by atoms with van der Waals surface area (Å²) in [6.07, 6.45) is 1.10. The predicted octanol–water partition coefficient (Wildman–Crippen LogP) is 2.42. The van der Waals surface area contributed by atoms with Gasteiger partial charge < -0.3 is 9.47 Å². The summed E-state index contributed by atoms with van der Waals surface area (Å²) in [5.74, 6) is 0.0417. The van der Waals surface area contributed by atoms with Crippen LogP contribution >= 0.6 is 0 Å². The van der Waals surface area contributed by atoms with E-state index in [0.717, 1.165) is 30.6 Å². The number of nitrogens with zero attached hydrogens (tertiary/aromatic N) is 3. The van der Waals surface area contributed by atoms with Crippen molar-refractivity contribution in [2.24, 2.45) is 11.3 Å². The maximum Gasteiger partial charge on any atom is 0.338 e. The molecule has 6 nitrogen and oxygen atoms in total. The number of rotatable bonds is 3. The van der Waals surface area contributed by atoms with E-state index in [9.17, 15) is 4.79 Å². The minimum absolute atomic E-state index is 0.0791. The Balaban J connectivity index is 1.55. The third-order valence-electron chi connectivity index (χ3n) is 5.28. The van der Waals surface area contributed by atoms with Crippen molar-refractivity contribution < 1.29 is 14.3 Å². The van der Waals surface area contributed by atoms with Crippen molar-refractivity contribution in [3.63, 3.8) is 0 Å². The molecule has 4 rings (SSSR count). The Morgan fingerprint density at radius 3 is 3.09 bits per heavy atom. The average Bonchev–Trinajstić information content (AvgIpc) is 3.16. The van der Waals surface area contributed by atoms with E-state index >= 15 is 0 Å². The van der Waals surface area contributed by atoms with Crippen molar-refractivity contribution in [2.45, 2.75) is 45.9 Å². The van der Waals surface area contributed by atoms with E-state index in [4.69, 9.17) is 9.47 Å². The van der Waals surface area contributed by atoms with E-state index in [1.165, 1.54) is 0 Å². The lowest BCUT2D eigenvalue weighted by Gasteiger charge is -2.53. The van der Waals surface area contributed by atoms with Gasteiger partial charge in [-0.2, -0.15) is 0 Å². The van der Waals surface area contributed by atoms with Crippen LogP contribution in [0.25, 0.3) is 11.0 Å². The minimum atomic E-state index is -0.290. The molecule has 0 bridgehead atoms. The summed E-state index contributed by atoms with van der Waals surface area (Å²) < 4.78 is 13.4. The van der Waals surface area contributed by atoms with Crippen molar-refractivity contribution >= 4 is 17.0 Å². The second-order valence-electron chi connectivity index (χ2n) is 7.00. The summed E-state index contributed by atoms with van der Waals surface area (Å²) in [4.78, 5) is 12.5. The SMILES string of the molecule is CCn1nnc2cc(C(=O)O[C@@H]3[C@@H]4CCO[C@@H]4C3(C)C)ccc21. The van der Waals surface area contributed by atoms with Crippen LogP contribution in [0.15, 0.2) is 18.2 Å². The Morgan fingerprint density at radius 2 is 2.30 bits per heavy atom. The molecule has 23 heavy (non-hydrogen) atoms. The quantitative estimate of drug-likeness (QED) is 0.814. The summed E-state index contributed by atoms with van der Waals surface area (Å²) in [6.45, 7) is 7.73. The molecule has 122 valence electrons. The molecule has 3 atom stereocenters. The Bertz CT molecular complexity index is 768. The fourth-order valence-corrected chi connectivity index (χ4v) is 4.03. The molecule has 1 aliphatic carbocycles. The van der Waals surface area contributed by atoms with Crippen molar-refractivity contribution in [1.29, 1.82) is 0 Å². The first-order valence-corrected chi connectivity index (χ1v) is 8.18. The van der Waals surface area contributed by atoms with Crippen LogP contribution < -0.4 is 0 Å². The zero-order valence-electron chi connectivity index (χ0n) is 13.7. The smallest absolute Gasteiger partial charge is 0.338 e. The number of hydrogen-bond acceptors (Lipinski definition) is 5. The number of aromatic nitrogens is 3. The normalized spacial score (nSPS) is 28.4. The van der Waals surface area contributed by atoms with Crippen LogP contribution in [0.2, 0.25) is 0 Å². The largest absolute Gasteiger partial charge is 0.458 e. The van der Waals surface area contributed by atoms with E-state index in [2.05, 4.69) is 24.2 Å². The third kappa shape index (κ3) is 2.08. The molecule has 2 heterocycles. The molecular weight excluding hydrogens is 294 g/mol. The van der Waals surface area contributed by atoms with Gasteiger partial charge in [0.15, 0.2) is 0 Å². The highest BCUT2D eigenvalue weighted by Gasteiger charge is 2.61. The molecule has 2 fully saturated rings. The first-order valence-electron chi connectivity index (χ1n) is 8.18. The lowest BCUT2D eigenvalue weighted by Crippen LogP contribution is -2.61. The Hall–Kier alpha value is -1.95. The van der Waals surface area contributed by atoms with Gasteiger partial charge in [-0.1, -0.05) is 19.1 Å². The van der Waals surface area contributed by atoms with Crippen molar-refractivity contribution in [2.75, 3.05) is 6.61 Å². The summed E-state index contributed by atoms with van der Waals surface area (Å²) in [6, 6.07) is 5.42. The Kier molecular flexibility index (Phi) is 3.20. The molecule has 1 saturated carbocycles. The van der Waals surface area contributed by atoms with Crippen molar-refractivity contribution in [1.82, 2.24) is 15.0 Å². The third-order valence-corrected chi connectivity index (χ3v) is 5.28. The first-order chi connectivity index (χ1) is 11.0. The van der Waals surface area contributed by atoms with Gasteiger partial charge in [-0.25, -0.2) is 9.48 Å². The number of aryl methyl sites for hydroxylation is 1. The minimum Gasteiger partial charge on any atom is -0.458 e. The topological polar surface area (TPSA) is 66.2 Å². The highest BCUT2D eigenvalue weighted by molar-refractivity contribution is 5.93. The van der Waals surface area contributed by atoms with E-state index in [-0.39, 0.29) is 23.6 Å². The second-order valence-corrected chi connectivity index (χ2v) is 7.00. The number of ether oxygens (including phenoxy) is 2. The van der Waals surface area contributed by atoms with Gasteiger partial charge >= 0.3 is 5.97 Å². The van der Waals surface area contributed by atoms with Gasteiger partial charge in [-0.15, -0.1) is 5.10 Å². The maximum absolute atomic E-state index is 12.5. The maximum atomic E-state index is 12.5. The summed E-state index contributed by atoms with van der Waals surface area (Å²) in [5, 5.41) is 8.18. The van der Waals surface area contributed by atoms with Crippen LogP contribution in [-0.4, -0.2) is 39.8 Å². The fraction of sp³-hybridized carbons (Fsp3) is 0.588. The molecule has 2 aromatic rings. The Labute approximate surface area is 134 Å². The van der Waals surface area contributed by atoms with Crippen LogP contribution in [0.1, 0.15) is 37.6 Å². The molecule has 0 amide bonds. The number of esters is 1. The zero-order valence-corrected chi connectivity index (χ0v) is 13.7. The molecule has 0 radical (unpaired) electrons. The van der Waals surface area contributed by atoms with Gasteiger partial charge in [-0.05, 0) is 31.5 Å². The van der Waals surface area contributed by atoms with Gasteiger partial charge in [-0.3, -0.25) is 0 Å². The Morgan fingerprint density at radius 1 is 1.48 bits per heavy atom. The van der Waals surface area contributed by atoms with E-state index < -0.39 is 0 Å². The zero-order chi connectivity index (χ0) is 16.2. The van der Waals surface area contributed by atoms with Crippen molar-refractivity contribution in [3.05, 3.63) is 23.8 Å². The van der Waals surface area contributed by atoms with Crippen LogP contribution in [0, 0.1) is 11.3 Å². The molecule has 2 aliphatic rings. The van der Waals surface area contributed by atoms with Gasteiger partial charge in [0.25, 0.3) is 0 Å². The van der Waals surface area contributed by atoms with E-state index in [0.29, 0.717) is 11.5 Å². The number of carbonyl (C=O) groups is 1. The van der Waals surface area contributed by atoms with Crippen molar-refractivity contribution in [3.8, 4) is 0 Å². The second kappa shape index (κ2) is 5.03. The van der Waals surface area contributed by atoms with Crippen LogP contribution in [0.5, 0.6) is 0 Å². The van der Waals surface area contributed by atoms with Gasteiger partial charge in [0.1, 0.15) is 11.6 Å². The predicted molar refractivity (Wildman–Crippen MR) is 84.0 cm³/mol. The molecule has 1 aromatic carbocycles. The van der Waals surface area contributed by atoms with Crippen LogP contribution in [0.4, 0.5) is 0 Å². The lowest BCUT2D eigenvalue weighted by molar-refractivity contribution is -0.183. The highest BCUT2D eigenvalue weighted by atomic mass is 16.6. The average molecular weight is 315 g/mol. The molecule has 1 aromatic heterocycles. The fourth-order valence-electron chi connectivity index (χ4n) is 4.03.